The minimum absolute atomic E-state index is 0.198. The monoisotopic (exact) mass is 254 g/mol. The van der Waals surface area contributed by atoms with Gasteiger partial charge in [0.05, 0.1) is 12.6 Å². The molecule has 1 aliphatic heterocycles. The van der Waals surface area contributed by atoms with Gasteiger partial charge in [-0.1, -0.05) is 12.1 Å². The zero-order valence-electron chi connectivity index (χ0n) is 11.2. The molecular weight excluding hydrogens is 232 g/mol. The fraction of sp³-hybridized carbons (Fsp3) is 0.833. The van der Waals surface area contributed by atoms with E-state index in [9.17, 15) is 5.11 Å². The highest BCUT2D eigenvalue weighted by atomic mass is 16.5. The lowest BCUT2D eigenvalue weighted by Gasteiger charge is -2.34. The molecule has 0 aliphatic carbocycles. The van der Waals surface area contributed by atoms with Crippen LogP contribution in [0.2, 0.25) is 0 Å². The molecule has 1 aromatic rings. The number of aliphatic hydroxyl groups excluding tert-OH is 1. The summed E-state index contributed by atoms with van der Waals surface area (Å²) < 4.78 is 4.96. The maximum Gasteiger partial charge on any atom is 0.223 e. The Balaban J connectivity index is 1.73. The maximum atomic E-state index is 9.63. The van der Waals surface area contributed by atoms with Gasteiger partial charge in [-0.05, 0) is 6.42 Å². The third kappa shape index (κ3) is 3.76. The van der Waals surface area contributed by atoms with Crippen molar-refractivity contribution in [2.45, 2.75) is 32.9 Å². The number of hydrogen-bond acceptors (Lipinski definition) is 6. The van der Waals surface area contributed by atoms with Crippen LogP contribution in [0.25, 0.3) is 0 Å². The predicted octanol–water partition coefficient (Wildman–Crippen LogP) is 0.267. The van der Waals surface area contributed by atoms with Crippen LogP contribution in [-0.2, 0) is 6.54 Å². The summed E-state index contributed by atoms with van der Waals surface area (Å²) in [6, 6.07) is 0. The zero-order valence-corrected chi connectivity index (χ0v) is 11.2. The van der Waals surface area contributed by atoms with Crippen LogP contribution in [0, 0.1) is 6.92 Å². The van der Waals surface area contributed by atoms with Crippen molar-refractivity contribution in [3.63, 3.8) is 0 Å². The van der Waals surface area contributed by atoms with Crippen molar-refractivity contribution >= 4 is 0 Å². The first-order chi connectivity index (χ1) is 8.67. The normalized spacial score (nSPS) is 20.2. The molecule has 0 amide bonds. The first-order valence-corrected chi connectivity index (χ1v) is 6.59. The van der Waals surface area contributed by atoms with E-state index in [2.05, 4.69) is 19.9 Å². The van der Waals surface area contributed by atoms with Crippen LogP contribution < -0.4 is 0 Å². The summed E-state index contributed by atoms with van der Waals surface area (Å²) in [6.45, 7) is 9.32. The van der Waals surface area contributed by atoms with Crippen molar-refractivity contribution in [3.05, 3.63) is 11.7 Å². The van der Waals surface area contributed by atoms with Gasteiger partial charge < -0.3 is 9.63 Å². The average molecular weight is 254 g/mol. The fourth-order valence-corrected chi connectivity index (χ4v) is 2.16. The summed E-state index contributed by atoms with van der Waals surface area (Å²) in [7, 11) is 0. The SMILES string of the molecule is CCC(O)CN1CCN(Cc2noc(C)n2)CC1. The predicted molar refractivity (Wildman–Crippen MR) is 67.0 cm³/mol. The quantitative estimate of drug-likeness (QED) is 0.813. The molecule has 1 saturated heterocycles. The van der Waals surface area contributed by atoms with E-state index >= 15 is 0 Å². The Morgan fingerprint density at radius 1 is 1.28 bits per heavy atom. The molecule has 1 atom stereocenters. The van der Waals surface area contributed by atoms with Gasteiger partial charge in [0, 0.05) is 39.6 Å². The van der Waals surface area contributed by atoms with Crippen LogP contribution in [0.3, 0.4) is 0 Å². The summed E-state index contributed by atoms with van der Waals surface area (Å²) in [5.41, 5.74) is 0. The smallest absolute Gasteiger partial charge is 0.223 e. The Bertz CT molecular complexity index is 361. The second-order valence-corrected chi connectivity index (χ2v) is 4.87. The summed E-state index contributed by atoms with van der Waals surface area (Å²) in [5, 5.41) is 13.5. The Hall–Kier alpha value is -0.980. The van der Waals surface area contributed by atoms with E-state index in [0.29, 0.717) is 5.89 Å². The highest BCUT2D eigenvalue weighted by Crippen LogP contribution is 2.07. The molecule has 0 aromatic carbocycles. The van der Waals surface area contributed by atoms with E-state index in [1.54, 1.807) is 6.92 Å². The average Bonchev–Trinajstić information content (AvgIpc) is 2.77. The van der Waals surface area contributed by atoms with Crippen molar-refractivity contribution in [2.75, 3.05) is 32.7 Å². The van der Waals surface area contributed by atoms with Gasteiger partial charge in [0.15, 0.2) is 5.82 Å². The lowest BCUT2D eigenvalue weighted by molar-refractivity contribution is 0.0676. The van der Waals surface area contributed by atoms with Gasteiger partial charge in [0.1, 0.15) is 0 Å². The molecule has 1 aliphatic rings. The standard InChI is InChI=1S/C12H22N4O2/c1-3-11(17)8-15-4-6-16(7-5-15)9-12-13-10(2)18-14-12/h11,17H,3-9H2,1-2H3. The topological polar surface area (TPSA) is 65.6 Å². The number of aromatic nitrogens is 2. The number of hydrogen-bond donors (Lipinski definition) is 1. The van der Waals surface area contributed by atoms with Crippen LogP contribution in [0.4, 0.5) is 0 Å². The largest absolute Gasteiger partial charge is 0.392 e. The first-order valence-electron chi connectivity index (χ1n) is 6.59. The molecule has 0 radical (unpaired) electrons. The molecule has 0 saturated carbocycles. The molecule has 2 rings (SSSR count). The molecule has 2 heterocycles. The van der Waals surface area contributed by atoms with Crippen molar-refractivity contribution in [1.29, 1.82) is 0 Å². The van der Waals surface area contributed by atoms with Crippen molar-refractivity contribution in [1.82, 2.24) is 19.9 Å². The van der Waals surface area contributed by atoms with Crippen molar-refractivity contribution in [2.24, 2.45) is 0 Å². The maximum absolute atomic E-state index is 9.63. The highest BCUT2D eigenvalue weighted by molar-refractivity contribution is 4.85. The molecule has 6 heteroatoms. The summed E-state index contributed by atoms with van der Waals surface area (Å²) in [5.74, 6) is 1.38. The number of piperazine rings is 1. The summed E-state index contributed by atoms with van der Waals surface area (Å²) >= 11 is 0. The molecule has 0 bridgehead atoms. The number of rotatable bonds is 5. The third-order valence-electron chi connectivity index (χ3n) is 3.34. The molecule has 6 nitrogen and oxygen atoms in total. The first kappa shape index (κ1) is 13.5. The zero-order chi connectivity index (χ0) is 13.0. The van der Waals surface area contributed by atoms with E-state index < -0.39 is 0 Å². The van der Waals surface area contributed by atoms with Gasteiger partial charge >= 0.3 is 0 Å². The van der Waals surface area contributed by atoms with Crippen LogP contribution in [-0.4, -0.2) is 63.9 Å². The third-order valence-corrected chi connectivity index (χ3v) is 3.34. The van der Waals surface area contributed by atoms with Gasteiger partial charge in [-0.25, -0.2) is 0 Å². The molecule has 102 valence electrons. The highest BCUT2D eigenvalue weighted by Gasteiger charge is 2.19. The fourth-order valence-electron chi connectivity index (χ4n) is 2.16. The molecule has 1 N–H and O–H groups in total. The van der Waals surface area contributed by atoms with Gasteiger partial charge in [-0.15, -0.1) is 0 Å². The van der Waals surface area contributed by atoms with E-state index in [4.69, 9.17) is 4.52 Å². The minimum atomic E-state index is -0.198. The number of β-amino-alcohol motifs (C(OH)–C–C–N with tert-alkyl or cyclic N) is 1. The summed E-state index contributed by atoms with van der Waals surface area (Å²) in [4.78, 5) is 8.84. The van der Waals surface area contributed by atoms with Crippen LogP contribution in [0.1, 0.15) is 25.1 Å². The van der Waals surface area contributed by atoms with Crippen molar-refractivity contribution < 1.29 is 9.63 Å². The molecule has 0 spiro atoms. The van der Waals surface area contributed by atoms with E-state index in [0.717, 1.165) is 51.5 Å². The lowest BCUT2D eigenvalue weighted by atomic mass is 10.2. The van der Waals surface area contributed by atoms with E-state index in [-0.39, 0.29) is 6.10 Å². The minimum Gasteiger partial charge on any atom is -0.392 e. The Kier molecular flexibility index (Phi) is 4.68. The van der Waals surface area contributed by atoms with E-state index in [1.807, 2.05) is 6.92 Å². The Morgan fingerprint density at radius 2 is 1.94 bits per heavy atom. The molecule has 1 fully saturated rings. The lowest BCUT2D eigenvalue weighted by Crippen LogP contribution is -2.48. The van der Waals surface area contributed by atoms with Gasteiger partial charge in [-0.3, -0.25) is 9.80 Å². The molecule has 1 aromatic heterocycles. The molecule has 18 heavy (non-hydrogen) atoms. The number of aliphatic hydroxyl groups is 1. The molecule has 1 unspecified atom stereocenters. The van der Waals surface area contributed by atoms with Crippen LogP contribution in [0.15, 0.2) is 4.52 Å². The second-order valence-electron chi connectivity index (χ2n) is 4.87. The van der Waals surface area contributed by atoms with E-state index in [1.165, 1.54) is 0 Å². The second kappa shape index (κ2) is 6.26. The van der Waals surface area contributed by atoms with Gasteiger partial charge in [0.2, 0.25) is 5.89 Å². The Labute approximate surface area is 108 Å². The van der Waals surface area contributed by atoms with Crippen LogP contribution in [0.5, 0.6) is 0 Å². The van der Waals surface area contributed by atoms with Crippen molar-refractivity contribution in [3.8, 4) is 0 Å². The number of nitrogens with zero attached hydrogens (tertiary/aromatic N) is 4. The molecular formula is C12H22N4O2. The van der Waals surface area contributed by atoms with Crippen LogP contribution >= 0.6 is 0 Å². The van der Waals surface area contributed by atoms with Gasteiger partial charge in [-0.2, -0.15) is 4.98 Å². The Morgan fingerprint density at radius 3 is 2.50 bits per heavy atom. The number of aryl methyl sites for hydroxylation is 1. The van der Waals surface area contributed by atoms with Gasteiger partial charge in [0.25, 0.3) is 0 Å². The summed E-state index contributed by atoms with van der Waals surface area (Å²) in [6.07, 6.45) is 0.624.